The summed E-state index contributed by atoms with van der Waals surface area (Å²) >= 11 is 0. The fraction of sp³-hybridized carbons (Fsp3) is 0.222. The minimum Gasteiger partial charge on any atom is -0.376 e. The van der Waals surface area contributed by atoms with Crippen molar-refractivity contribution in [1.29, 1.82) is 0 Å². The highest BCUT2D eigenvalue weighted by Crippen LogP contribution is 2.30. The number of nitrogens with one attached hydrogen (secondary N) is 1. The number of halogens is 3. The summed E-state index contributed by atoms with van der Waals surface area (Å²) in [4.78, 5) is 4.22. The fourth-order valence-electron chi connectivity index (χ4n) is 2.35. The van der Waals surface area contributed by atoms with Crippen LogP contribution in [-0.4, -0.2) is 10.1 Å². The van der Waals surface area contributed by atoms with Crippen molar-refractivity contribution >= 4 is 5.69 Å². The largest absolute Gasteiger partial charge is 0.416 e. The van der Waals surface area contributed by atoms with Gasteiger partial charge in [0.2, 0.25) is 11.7 Å². The molecule has 130 valence electrons. The van der Waals surface area contributed by atoms with Crippen molar-refractivity contribution in [2.24, 2.45) is 0 Å². The van der Waals surface area contributed by atoms with Crippen molar-refractivity contribution in [3.63, 3.8) is 0 Å². The van der Waals surface area contributed by atoms with Crippen molar-refractivity contribution in [3.8, 4) is 11.4 Å². The van der Waals surface area contributed by atoms with Gasteiger partial charge in [0.25, 0.3) is 0 Å². The van der Waals surface area contributed by atoms with Crippen LogP contribution < -0.4 is 5.32 Å². The number of hydrogen-bond donors (Lipinski definition) is 1. The number of aryl methyl sites for hydroxylation is 2. The molecule has 4 nitrogen and oxygen atoms in total. The van der Waals surface area contributed by atoms with Gasteiger partial charge in [-0.05, 0) is 43.2 Å². The molecule has 2 aromatic carbocycles. The van der Waals surface area contributed by atoms with E-state index in [-0.39, 0.29) is 5.82 Å². The number of nitrogens with zero attached hydrogens (tertiary/aromatic N) is 2. The molecule has 0 aliphatic carbocycles. The summed E-state index contributed by atoms with van der Waals surface area (Å²) in [6, 6.07) is 10.7. The van der Waals surface area contributed by atoms with Gasteiger partial charge >= 0.3 is 6.18 Å². The first-order chi connectivity index (χ1) is 11.8. The molecule has 3 aromatic rings. The minimum atomic E-state index is -4.36. The third-order valence-corrected chi connectivity index (χ3v) is 3.76. The summed E-state index contributed by atoms with van der Waals surface area (Å²) < 4.78 is 42.9. The highest BCUT2D eigenvalue weighted by molar-refractivity contribution is 5.55. The van der Waals surface area contributed by atoms with Crippen LogP contribution in [0.1, 0.15) is 22.6 Å². The van der Waals surface area contributed by atoms with E-state index in [1.807, 2.05) is 32.0 Å². The molecule has 0 amide bonds. The lowest BCUT2D eigenvalue weighted by Gasteiger charge is -2.08. The molecular weight excluding hydrogens is 331 g/mol. The number of alkyl halides is 3. The van der Waals surface area contributed by atoms with E-state index < -0.39 is 11.7 Å². The van der Waals surface area contributed by atoms with Crippen LogP contribution in [0.5, 0.6) is 0 Å². The summed E-state index contributed by atoms with van der Waals surface area (Å²) in [5.41, 5.74) is 2.94. The smallest absolute Gasteiger partial charge is 0.376 e. The molecule has 0 aliphatic heterocycles. The molecular formula is C18H16F3N3O. The molecule has 1 aromatic heterocycles. The molecule has 0 fully saturated rings. The second-order valence-corrected chi connectivity index (χ2v) is 5.76. The van der Waals surface area contributed by atoms with Gasteiger partial charge in [0.05, 0.1) is 12.1 Å². The Bertz CT molecular complexity index is 870. The maximum atomic E-state index is 12.6. The molecule has 0 saturated carbocycles. The van der Waals surface area contributed by atoms with E-state index in [0.29, 0.717) is 18.0 Å². The van der Waals surface area contributed by atoms with E-state index in [2.05, 4.69) is 15.5 Å². The van der Waals surface area contributed by atoms with Crippen molar-refractivity contribution < 1.29 is 17.7 Å². The normalized spacial score (nSPS) is 11.6. The van der Waals surface area contributed by atoms with Crippen molar-refractivity contribution in [2.45, 2.75) is 26.6 Å². The fourth-order valence-corrected chi connectivity index (χ4v) is 2.35. The first-order valence-electron chi connectivity index (χ1n) is 7.64. The topological polar surface area (TPSA) is 51.0 Å². The monoisotopic (exact) mass is 347 g/mol. The molecule has 0 saturated heterocycles. The summed E-state index contributed by atoms with van der Waals surface area (Å²) in [5, 5.41) is 7.04. The second-order valence-electron chi connectivity index (χ2n) is 5.76. The van der Waals surface area contributed by atoms with Gasteiger partial charge in [-0.15, -0.1) is 0 Å². The zero-order valence-corrected chi connectivity index (χ0v) is 13.7. The van der Waals surface area contributed by atoms with Gasteiger partial charge in [-0.3, -0.25) is 0 Å². The Balaban J connectivity index is 1.71. The predicted molar refractivity (Wildman–Crippen MR) is 88.0 cm³/mol. The molecule has 0 radical (unpaired) electrons. The van der Waals surface area contributed by atoms with Crippen molar-refractivity contribution in [2.75, 3.05) is 5.32 Å². The first kappa shape index (κ1) is 17.0. The first-order valence-corrected chi connectivity index (χ1v) is 7.64. The van der Waals surface area contributed by atoms with Gasteiger partial charge in [-0.1, -0.05) is 29.4 Å². The van der Waals surface area contributed by atoms with E-state index in [9.17, 15) is 13.2 Å². The Hall–Kier alpha value is -2.83. The molecule has 0 atom stereocenters. The van der Waals surface area contributed by atoms with E-state index in [4.69, 9.17) is 4.52 Å². The zero-order valence-electron chi connectivity index (χ0n) is 13.7. The van der Waals surface area contributed by atoms with Gasteiger partial charge in [-0.2, -0.15) is 18.2 Å². The zero-order chi connectivity index (χ0) is 18.0. The molecule has 1 N–H and O–H groups in total. The predicted octanol–water partition coefficient (Wildman–Crippen LogP) is 4.98. The van der Waals surface area contributed by atoms with Gasteiger partial charge in [-0.25, -0.2) is 0 Å². The van der Waals surface area contributed by atoms with E-state index in [0.717, 1.165) is 28.9 Å². The molecule has 1 heterocycles. The number of hydrogen-bond acceptors (Lipinski definition) is 4. The van der Waals surface area contributed by atoms with Gasteiger partial charge < -0.3 is 9.84 Å². The minimum absolute atomic E-state index is 0.256. The average molecular weight is 347 g/mol. The van der Waals surface area contributed by atoms with Gasteiger partial charge in [0, 0.05) is 11.3 Å². The van der Waals surface area contributed by atoms with Crippen LogP contribution in [0.3, 0.4) is 0 Å². The van der Waals surface area contributed by atoms with Crippen LogP contribution in [0.25, 0.3) is 11.4 Å². The molecule has 3 rings (SSSR count). The van der Waals surface area contributed by atoms with Crippen LogP contribution in [0.15, 0.2) is 47.0 Å². The lowest BCUT2D eigenvalue weighted by molar-refractivity contribution is -0.137. The number of benzene rings is 2. The standard InChI is InChI=1S/C18H16F3N3O/c1-11-3-4-12(2)15(9-11)22-10-16-23-17(24-25-16)13-5-7-14(8-6-13)18(19,20)21/h3-9,22H,10H2,1-2H3. The number of rotatable bonds is 4. The van der Waals surface area contributed by atoms with Crippen LogP contribution >= 0.6 is 0 Å². The highest BCUT2D eigenvalue weighted by atomic mass is 19.4. The molecule has 25 heavy (non-hydrogen) atoms. The Kier molecular flexibility index (Phi) is 4.48. The Morgan fingerprint density at radius 3 is 2.44 bits per heavy atom. The average Bonchev–Trinajstić information content (AvgIpc) is 3.04. The Morgan fingerprint density at radius 1 is 1.04 bits per heavy atom. The molecule has 7 heteroatoms. The molecule has 0 aliphatic rings. The summed E-state index contributed by atoms with van der Waals surface area (Å²) in [6.45, 7) is 4.32. The van der Waals surface area contributed by atoms with Crippen LogP contribution in [0, 0.1) is 13.8 Å². The number of anilines is 1. The van der Waals surface area contributed by atoms with Crippen molar-refractivity contribution in [1.82, 2.24) is 10.1 Å². The van der Waals surface area contributed by atoms with Crippen molar-refractivity contribution in [3.05, 3.63) is 65.0 Å². The number of aromatic nitrogens is 2. The van der Waals surface area contributed by atoms with Crippen LogP contribution in [-0.2, 0) is 12.7 Å². The van der Waals surface area contributed by atoms with Crippen LogP contribution in [0.4, 0.5) is 18.9 Å². The lowest BCUT2D eigenvalue weighted by Crippen LogP contribution is -2.04. The van der Waals surface area contributed by atoms with E-state index in [1.165, 1.54) is 12.1 Å². The maximum Gasteiger partial charge on any atom is 0.416 e. The highest BCUT2D eigenvalue weighted by Gasteiger charge is 2.30. The summed E-state index contributed by atoms with van der Waals surface area (Å²) in [7, 11) is 0. The van der Waals surface area contributed by atoms with E-state index >= 15 is 0 Å². The van der Waals surface area contributed by atoms with Gasteiger partial charge in [0.15, 0.2) is 0 Å². The SMILES string of the molecule is Cc1ccc(C)c(NCc2nc(-c3ccc(C(F)(F)F)cc3)no2)c1. The van der Waals surface area contributed by atoms with Gasteiger partial charge in [0.1, 0.15) is 0 Å². The molecule has 0 spiro atoms. The Labute approximate surface area is 142 Å². The third-order valence-electron chi connectivity index (χ3n) is 3.76. The third kappa shape index (κ3) is 3.99. The van der Waals surface area contributed by atoms with E-state index in [1.54, 1.807) is 0 Å². The summed E-state index contributed by atoms with van der Waals surface area (Å²) in [6.07, 6.45) is -4.36. The van der Waals surface area contributed by atoms with Crippen LogP contribution in [0.2, 0.25) is 0 Å². The maximum absolute atomic E-state index is 12.6. The lowest BCUT2D eigenvalue weighted by atomic mass is 10.1. The molecule has 0 bridgehead atoms. The Morgan fingerprint density at radius 2 is 1.76 bits per heavy atom. The second kappa shape index (κ2) is 6.58. The quantitative estimate of drug-likeness (QED) is 0.723. The summed E-state index contributed by atoms with van der Waals surface area (Å²) in [5.74, 6) is 0.613. The molecule has 0 unspecified atom stereocenters.